The van der Waals surface area contributed by atoms with E-state index in [2.05, 4.69) is 9.72 Å². The number of carbonyl (C=O) groups excluding carboxylic acids is 1. The van der Waals surface area contributed by atoms with Crippen molar-refractivity contribution in [2.45, 2.75) is 0 Å². The van der Waals surface area contributed by atoms with Gasteiger partial charge in [0.05, 0.1) is 12.6 Å². The Morgan fingerprint density at radius 1 is 1.60 bits per heavy atom. The smallest absolute Gasteiger partial charge is 0.374 e. The minimum absolute atomic E-state index is 0.115. The number of imidazole rings is 1. The summed E-state index contributed by atoms with van der Waals surface area (Å²) < 4.78 is 6.10. The van der Waals surface area contributed by atoms with E-state index in [1.54, 1.807) is 24.4 Å². The Morgan fingerprint density at radius 2 is 2.40 bits per heavy atom. The summed E-state index contributed by atoms with van der Waals surface area (Å²) in [6, 6.07) is 7.18. The molecule has 2 aromatic heterocycles. The molecule has 2 rings (SSSR count). The third kappa shape index (κ3) is 1.32. The van der Waals surface area contributed by atoms with Crippen molar-refractivity contribution in [2.75, 3.05) is 7.11 Å². The van der Waals surface area contributed by atoms with Gasteiger partial charge in [0, 0.05) is 6.20 Å². The number of hydrogen-bond donors (Lipinski definition) is 0. The number of carbonyl (C=O) groups is 1. The summed E-state index contributed by atoms with van der Waals surface area (Å²) in [7, 11) is 1.28. The van der Waals surface area contributed by atoms with Crippen molar-refractivity contribution in [1.82, 2.24) is 9.38 Å². The van der Waals surface area contributed by atoms with E-state index in [9.17, 15) is 4.79 Å². The van der Waals surface area contributed by atoms with Crippen molar-refractivity contribution in [3.63, 3.8) is 0 Å². The highest BCUT2D eigenvalue weighted by Gasteiger charge is 2.16. The summed E-state index contributed by atoms with van der Waals surface area (Å²) in [6.45, 7) is 0. The Bertz CT molecular complexity index is 566. The number of ether oxygens (including phenoxy) is 1. The predicted molar refractivity (Wildman–Crippen MR) is 51.2 cm³/mol. The van der Waals surface area contributed by atoms with E-state index in [0.717, 1.165) is 0 Å². The summed E-state index contributed by atoms with van der Waals surface area (Å²) >= 11 is 0. The van der Waals surface area contributed by atoms with Crippen molar-refractivity contribution in [1.29, 1.82) is 5.26 Å². The molecule has 0 bridgehead atoms. The molecular formula is C10H7N3O2. The standard InChI is InChI=1S/C10H7N3O2/c1-15-10(14)9-12-7(6-11)8-4-2-3-5-13(8)9/h2-5H,1H3. The largest absolute Gasteiger partial charge is 0.463 e. The molecule has 0 N–H and O–H groups in total. The van der Waals surface area contributed by atoms with E-state index in [4.69, 9.17) is 5.26 Å². The molecule has 2 aromatic rings. The van der Waals surface area contributed by atoms with Gasteiger partial charge in [0.25, 0.3) is 0 Å². The maximum Gasteiger partial charge on any atom is 0.374 e. The second kappa shape index (κ2) is 3.42. The molecule has 0 radical (unpaired) electrons. The molecular weight excluding hydrogens is 194 g/mol. The first kappa shape index (κ1) is 9.21. The van der Waals surface area contributed by atoms with Crippen LogP contribution in [0.2, 0.25) is 0 Å². The van der Waals surface area contributed by atoms with Gasteiger partial charge in [-0.2, -0.15) is 5.26 Å². The van der Waals surface area contributed by atoms with Crippen LogP contribution in [0.1, 0.15) is 16.3 Å². The van der Waals surface area contributed by atoms with Gasteiger partial charge < -0.3 is 4.74 Å². The lowest BCUT2D eigenvalue weighted by Gasteiger charge is -1.97. The van der Waals surface area contributed by atoms with Crippen LogP contribution in [0.4, 0.5) is 0 Å². The highest BCUT2D eigenvalue weighted by molar-refractivity contribution is 5.87. The first-order valence-electron chi connectivity index (χ1n) is 4.23. The Labute approximate surface area is 85.5 Å². The average molecular weight is 201 g/mol. The van der Waals surface area contributed by atoms with Gasteiger partial charge in [-0.3, -0.25) is 4.40 Å². The first-order valence-corrected chi connectivity index (χ1v) is 4.23. The summed E-state index contributed by atoms with van der Waals surface area (Å²) in [5.74, 6) is -0.442. The highest BCUT2D eigenvalue weighted by atomic mass is 16.5. The fourth-order valence-electron chi connectivity index (χ4n) is 1.36. The summed E-state index contributed by atoms with van der Waals surface area (Å²) in [5, 5.41) is 8.83. The van der Waals surface area contributed by atoms with Crippen LogP contribution in [0.25, 0.3) is 5.52 Å². The molecule has 0 unspecified atom stereocenters. The number of fused-ring (bicyclic) bond motifs is 1. The molecule has 74 valence electrons. The normalized spacial score (nSPS) is 9.87. The number of methoxy groups -OCH3 is 1. The predicted octanol–water partition coefficient (Wildman–Crippen LogP) is 0.993. The minimum atomic E-state index is -0.558. The Balaban J connectivity index is 2.77. The zero-order valence-electron chi connectivity index (χ0n) is 7.97. The Kier molecular flexibility index (Phi) is 2.10. The van der Waals surface area contributed by atoms with Crippen LogP contribution in [0.3, 0.4) is 0 Å². The number of hydrogen-bond acceptors (Lipinski definition) is 4. The number of nitrogens with zero attached hydrogens (tertiary/aromatic N) is 3. The maximum atomic E-state index is 11.3. The first-order chi connectivity index (χ1) is 7.27. The van der Waals surface area contributed by atoms with Gasteiger partial charge in [-0.05, 0) is 12.1 Å². The minimum Gasteiger partial charge on any atom is -0.463 e. The van der Waals surface area contributed by atoms with Crippen molar-refractivity contribution in [3.05, 3.63) is 35.9 Å². The Hall–Kier alpha value is -2.35. The van der Waals surface area contributed by atoms with Crippen LogP contribution in [-0.2, 0) is 4.74 Å². The van der Waals surface area contributed by atoms with E-state index in [0.29, 0.717) is 5.52 Å². The second-order valence-corrected chi connectivity index (χ2v) is 2.84. The lowest BCUT2D eigenvalue weighted by molar-refractivity contribution is 0.0586. The van der Waals surface area contributed by atoms with E-state index < -0.39 is 5.97 Å². The van der Waals surface area contributed by atoms with Crippen LogP contribution in [0.15, 0.2) is 24.4 Å². The molecule has 0 fully saturated rings. The van der Waals surface area contributed by atoms with Crippen molar-refractivity contribution in [3.8, 4) is 6.07 Å². The lowest BCUT2D eigenvalue weighted by Crippen LogP contribution is -2.06. The molecule has 0 atom stereocenters. The SMILES string of the molecule is COC(=O)c1nc(C#N)c2ccccn12. The van der Waals surface area contributed by atoms with Gasteiger partial charge in [0.15, 0.2) is 5.69 Å². The van der Waals surface area contributed by atoms with Crippen molar-refractivity contribution in [2.24, 2.45) is 0 Å². The summed E-state index contributed by atoms with van der Waals surface area (Å²) in [6.07, 6.45) is 1.66. The molecule has 0 amide bonds. The summed E-state index contributed by atoms with van der Waals surface area (Å²) in [4.78, 5) is 15.2. The quantitative estimate of drug-likeness (QED) is 0.645. The molecule has 2 heterocycles. The fraction of sp³-hybridized carbons (Fsp3) is 0.100. The number of rotatable bonds is 1. The molecule has 0 aliphatic carbocycles. The Morgan fingerprint density at radius 3 is 3.07 bits per heavy atom. The van der Waals surface area contributed by atoms with Gasteiger partial charge in [-0.25, -0.2) is 9.78 Å². The summed E-state index contributed by atoms with van der Waals surface area (Å²) in [5.41, 5.74) is 0.816. The fourth-order valence-corrected chi connectivity index (χ4v) is 1.36. The number of esters is 1. The van der Waals surface area contributed by atoms with Gasteiger partial charge in [0.1, 0.15) is 6.07 Å². The van der Waals surface area contributed by atoms with Crippen LogP contribution in [0, 0.1) is 11.3 Å². The van der Waals surface area contributed by atoms with Gasteiger partial charge in [-0.1, -0.05) is 6.07 Å². The van der Waals surface area contributed by atoms with E-state index in [1.165, 1.54) is 11.5 Å². The molecule has 5 nitrogen and oxygen atoms in total. The molecule has 0 aromatic carbocycles. The molecule has 0 saturated carbocycles. The van der Waals surface area contributed by atoms with E-state index in [1.807, 2.05) is 6.07 Å². The third-order valence-electron chi connectivity index (χ3n) is 2.02. The number of pyridine rings is 1. The maximum absolute atomic E-state index is 11.3. The third-order valence-corrected chi connectivity index (χ3v) is 2.02. The lowest BCUT2D eigenvalue weighted by atomic mass is 10.3. The molecule has 0 aliphatic rings. The van der Waals surface area contributed by atoms with Crippen molar-refractivity contribution >= 4 is 11.5 Å². The molecule has 15 heavy (non-hydrogen) atoms. The van der Waals surface area contributed by atoms with Crippen LogP contribution in [0.5, 0.6) is 0 Å². The molecule has 5 heteroatoms. The van der Waals surface area contributed by atoms with Crippen LogP contribution >= 0.6 is 0 Å². The van der Waals surface area contributed by atoms with Crippen LogP contribution in [-0.4, -0.2) is 22.5 Å². The monoisotopic (exact) mass is 201 g/mol. The van der Waals surface area contributed by atoms with Crippen LogP contribution < -0.4 is 0 Å². The van der Waals surface area contributed by atoms with E-state index >= 15 is 0 Å². The number of aromatic nitrogens is 2. The topological polar surface area (TPSA) is 67.4 Å². The molecule has 0 spiro atoms. The second-order valence-electron chi connectivity index (χ2n) is 2.84. The molecule has 0 aliphatic heterocycles. The zero-order valence-corrected chi connectivity index (χ0v) is 7.97. The average Bonchev–Trinajstić information content (AvgIpc) is 2.67. The molecule has 0 saturated heterocycles. The van der Waals surface area contributed by atoms with Gasteiger partial charge in [-0.15, -0.1) is 0 Å². The van der Waals surface area contributed by atoms with E-state index in [-0.39, 0.29) is 11.5 Å². The van der Waals surface area contributed by atoms with Gasteiger partial charge in [0.2, 0.25) is 5.82 Å². The number of nitriles is 1. The van der Waals surface area contributed by atoms with Gasteiger partial charge >= 0.3 is 5.97 Å². The zero-order chi connectivity index (χ0) is 10.8. The highest BCUT2D eigenvalue weighted by Crippen LogP contribution is 2.12. The van der Waals surface area contributed by atoms with Crippen molar-refractivity contribution < 1.29 is 9.53 Å².